The fraction of sp³-hybridized carbons (Fsp3) is 0.308. The second-order valence-electron chi connectivity index (χ2n) is 8.25. The number of hydrogen-bond donors (Lipinski definition) is 0. The molecule has 1 aliphatic rings. The molecule has 0 spiro atoms. The van der Waals surface area contributed by atoms with Crippen molar-refractivity contribution in [3.05, 3.63) is 83.7 Å². The number of hydrogen-bond acceptors (Lipinski definition) is 4. The lowest BCUT2D eigenvalue weighted by Gasteiger charge is -2.40. The fourth-order valence-electron chi connectivity index (χ4n) is 4.24. The summed E-state index contributed by atoms with van der Waals surface area (Å²) in [5.41, 5.74) is 3.66. The number of rotatable bonds is 6. The van der Waals surface area contributed by atoms with E-state index in [-0.39, 0.29) is 23.3 Å². The van der Waals surface area contributed by atoms with E-state index in [1.807, 2.05) is 43.0 Å². The number of amides is 2. The van der Waals surface area contributed by atoms with Crippen molar-refractivity contribution >= 4 is 11.8 Å². The first kappa shape index (κ1) is 22.6. The molecule has 1 fully saturated rings. The highest BCUT2D eigenvalue weighted by Crippen LogP contribution is 2.27. The Balaban J connectivity index is 1.68. The van der Waals surface area contributed by atoms with E-state index >= 15 is 0 Å². The molecule has 3 aromatic rings. The number of aromatic nitrogens is 2. The molecule has 1 aromatic heterocycles. The smallest absolute Gasteiger partial charge is 0.274 e. The van der Waals surface area contributed by atoms with Crippen molar-refractivity contribution in [1.82, 2.24) is 19.8 Å². The molecule has 1 atom stereocenters. The van der Waals surface area contributed by atoms with Gasteiger partial charge in [0, 0.05) is 32.3 Å². The van der Waals surface area contributed by atoms with Gasteiger partial charge in [-0.05, 0) is 42.2 Å². The summed E-state index contributed by atoms with van der Waals surface area (Å²) in [7, 11) is 0. The fourth-order valence-corrected chi connectivity index (χ4v) is 4.24. The summed E-state index contributed by atoms with van der Waals surface area (Å²) in [6, 6.07) is 13.4. The molecule has 2 amide bonds. The SMILES string of the molecule is CCCN1CCN(C(=O)c2cnc(C)cn2)[C@H](Cc2ccccc2-c2ccc(F)cc2)C1=O. The first-order chi connectivity index (χ1) is 16.0. The lowest BCUT2D eigenvalue weighted by Crippen LogP contribution is -2.59. The summed E-state index contributed by atoms with van der Waals surface area (Å²) >= 11 is 0. The highest BCUT2D eigenvalue weighted by Gasteiger charge is 2.38. The second-order valence-corrected chi connectivity index (χ2v) is 8.25. The normalized spacial score (nSPS) is 16.2. The van der Waals surface area contributed by atoms with E-state index < -0.39 is 6.04 Å². The second kappa shape index (κ2) is 9.90. The molecule has 0 radical (unpaired) electrons. The van der Waals surface area contributed by atoms with Crippen LogP contribution in [0.3, 0.4) is 0 Å². The zero-order chi connectivity index (χ0) is 23.4. The summed E-state index contributed by atoms with van der Waals surface area (Å²) in [4.78, 5) is 38.7. The van der Waals surface area contributed by atoms with Gasteiger partial charge in [-0.25, -0.2) is 9.37 Å². The minimum absolute atomic E-state index is 0.0644. The lowest BCUT2D eigenvalue weighted by atomic mass is 9.93. The van der Waals surface area contributed by atoms with Crippen LogP contribution in [0.2, 0.25) is 0 Å². The highest BCUT2D eigenvalue weighted by molar-refractivity contribution is 5.97. The van der Waals surface area contributed by atoms with E-state index in [4.69, 9.17) is 0 Å². The highest BCUT2D eigenvalue weighted by atomic mass is 19.1. The Kier molecular flexibility index (Phi) is 6.77. The first-order valence-electron chi connectivity index (χ1n) is 11.2. The van der Waals surface area contributed by atoms with Gasteiger partial charge in [-0.2, -0.15) is 0 Å². The average Bonchev–Trinajstić information content (AvgIpc) is 2.83. The van der Waals surface area contributed by atoms with Gasteiger partial charge in [0.05, 0.1) is 11.9 Å². The van der Waals surface area contributed by atoms with Crippen LogP contribution in [0.15, 0.2) is 60.9 Å². The summed E-state index contributed by atoms with van der Waals surface area (Å²) in [5, 5.41) is 0. The lowest BCUT2D eigenvalue weighted by molar-refractivity contribution is -0.140. The predicted molar refractivity (Wildman–Crippen MR) is 124 cm³/mol. The van der Waals surface area contributed by atoms with Gasteiger partial charge < -0.3 is 9.80 Å². The van der Waals surface area contributed by atoms with Crippen LogP contribution in [0.1, 0.15) is 35.1 Å². The maximum atomic E-state index is 13.5. The summed E-state index contributed by atoms with van der Waals surface area (Å²) in [6.45, 7) is 5.42. The number of nitrogens with zero attached hydrogens (tertiary/aromatic N) is 4. The third-order valence-corrected chi connectivity index (χ3v) is 5.92. The third kappa shape index (κ3) is 4.92. The predicted octanol–water partition coefficient (Wildman–Crippen LogP) is 3.90. The quantitative estimate of drug-likeness (QED) is 0.576. The largest absolute Gasteiger partial charge is 0.339 e. The molecular formula is C26H27FN4O2. The van der Waals surface area contributed by atoms with Gasteiger partial charge in [0.15, 0.2) is 0 Å². The van der Waals surface area contributed by atoms with E-state index in [0.29, 0.717) is 26.1 Å². The topological polar surface area (TPSA) is 66.4 Å². The van der Waals surface area contributed by atoms with Gasteiger partial charge in [0.25, 0.3) is 5.91 Å². The van der Waals surface area contributed by atoms with Crippen LogP contribution in [0, 0.1) is 12.7 Å². The van der Waals surface area contributed by atoms with Crippen molar-refractivity contribution in [2.75, 3.05) is 19.6 Å². The Bertz CT molecular complexity index is 1130. The van der Waals surface area contributed by atoms with E-state index in [1.54, 1.807) is 23.2 Å². The average molecular weight is 447 g/mol. The summed E-state index contributed by atoms with van der Waals surface area (Å²) in [5.74, 6) is -0.661. The van der Waals surface area contributed by atoms with Gasteiger partial charge >= 0.3 is 0 Å². The zero-order valence-electron chi connectivity index (χ0n) is 18.9. The van der Waals surface area contributed by atoms with Crippen molar-refractivity contribution in [2.45, 2.75) is 32.7 Å². The molecule has 0 bridgehead atoms. The molecule has 170 valence electrons. The maximum Gasteiger partial charge on any atom is 0.274 e. The van der Waals surface area contributed by atoms with Crippen LogP contribution in [-0.4, -0.2) is 57.3 Å². The molecule has 1 saturated heterocycles. The Morgan fingerprint density at radius 3 is 2.52 bits per heavy atom. The monoisotopic (exact) mass is 446 g/mol. The van der Waals surface area contributed by atoms with Crippen LogP contribution in [0.4, 0.5) is 4.39 Å². The first-order valence-corrected chi connectivity index (χ1v) is 11.2. The van der Waals surface area contributed by atoms with Gasteiger partial charge in [-0.1, -0.05) is 43.3 Å². The van der Waals surface area contributed by atoms with Gasteiger partial charge in [-0.15, -0.1) is 0 Å². The van der Waals surface area contributed by atoms with E-state index in [0.717, 1.165) is 28.8 Å². The van der Waals surface area contributed by atoms with Crippen molar-refractivity contribution in [3.63, 3.8) is 0 Å². The van der Waals surface area contributed by atoms with Crippen molar-refractivity contribution in [3.8, 4) is 11.1 Å². The number of benzene rings is 2. The van der Waals surface area contributed by atoms with E-state index in [9.17, 15) is 14.0 Å². The Hall–Kier alpha value is -3.61. The summed E-state index contributed by atoms with van der Waals surface area (Å²) < 4.78 is 13.5. The number of carbonyl (C=O) groups excluding carboxylic acids is 2. The van der Waals surface area contributed by atoms with Gasteiger partial charge in [0.2, 0.25) is 5.91 Å². The molecule has 0 unspecified atom stereocenters. The zero-order valence-corrected chi connectivity index (χ0v) is 18.9. The van der Waals surface area contributed by atoms with Crippen LogP contribution in [0.5, 0.6) is 0 Å². The summed E-state index contributed by atoms with van der Waals surface area (Å²) in [6.07, 6.45) is 4.23. The molecule has 33 heavy (non-hydrogen) atoms. The number of piperazine rings is 1. The Labute approximate surface area is 193 Å². The maximum absolute atomic E-state index is 13.5. The molecule has 6 nitrogen and oxygen atoms in total. The van der Waals surface area contributed by atoms with E-state index in [2.05, 4.69) is 9.97 Å². The van der Waals surface area contributed by atoms with Crippen molar-refractivity contribution in [1.29, 1.82) is 0 Å². The Morgan fingerprint density at radius 1 is 1.06 bits per heavy atom. The molecule has 2 heterocycles. The number of aryl methyl sites for hydroxylation is 1. The molecule has 7 heteroatoms. The number of carbonyl (C=O) groups is 2. The minimum atomic E-state index is -0.650. The van der Waals surface area contributed by atoms with E-state index in [1.165, 1.54) is 18.3 Å². The minimum Gasteiger partial charge on any atom is -0.339 e. The molecular weight excluding hydrogens is 419 g/mol. The van der Waals surface area contributed by atoms with Crippen LogP contribution in [-0.2, 0) is 11.2 Å². The van der Waals surface area contributed by atoms with Gasteiger partial charge in [-0.3, -0.25) is 14.6 Å². The standard InChI is InChI=1S/C26H27FN4O2/c1-3-12-30-13-14-31(25(32)23-17-28-18(2)16-29-23)24(26(30)33)15-20-6-4-5-7-22(20)19-8-10-21(27)11-9-19/h4-11,16-17,24H,3,12-15H2,1-2H3/t24-/m1/s1. The van der Waals surface area contributed by atoms with Gasteiger partial charge in [0.1, 0.15) is 17.6 Å². The molecule has 0 N–H and O–H groups in total. The molecule has 0 aliphatic carbocycles. The Morgan fingerprint density at radius 2 is 1.82 bits per heavy atom. The van der Waals surface area contributed by atoms with Crippen molar-refractivity contribution in [2.24, 2.45) is 0 Å². The number of halogens is 1. The molecule has 0 saturated carbocycles. The van der Waals surface area contributed by atoms with Crippen LogP contribution >= 0.6 is 0 Å². The molecule has 1 aliphatic heterocycles. The molecule has 2 aromatic carbocycles. The van der Waals surface area contributed by atoms with Crippen LogP contribution in [0.25, 0.3) is 11.1 Å². The van der Waals surface area contributed by atoms with Crippen LogP contribution < -0.4 is 0 Å². The van der Waals surface area contributed by atoms with Crippen molar-refractivity contribution < 1.29 is 14.0 Å². The molecule has 4 rings (SSSR count). The third-order valence-electron chi connectivity index (χ3n) is 5.92.